The van der Waals surface area contributed by atoms with Gasteiger partial charge >= 0.3 is 0 Å². The first kappa shape index (κ1) is 18.8. The second-order valence-electron chi connectivity index (χ2n) is 4.93. The highest BCUT2D eigenvalue weighted by Gasteiger charge is 2.16. The number of phenols is 1. The molecule has 0 radical (unpaired) electrons. The summed E-state index contributed by atoms with van der Waals surface area (Å²) in [6.07, 6.45) is 5.15. The predicted molar refractivity (Wildman–Crippen MR) is 84.8 cm³/mol. The summed E-state index contributed by atoms with van der Waals surface area (Å²) in [5.74, 6) is -0.131. The van der Waals surface area contributed by atoms with E-state index in [1.54, 1.807) is 12.1 Å². The highest BCUT2D eigenvalue weighted by molar-refractivity contribution is 5.85. The second-order valence-corrected chi connectivity index (χ2v) is 4.93. The number of carbonyl (C=O) groups is 1. The molecule has 0 spiro atoms. The third-order valence-electron chi connectivity index (χ3n) is 3.05. The van der Waals surface area contributed by atoms with Gasteiger partial charge in [-0.3, -0.25) is 4.79 Å². The molecule has 7 heteroatoms. The van der Waals surface area contributed by atoms with Gasteiger partial charge in [-0.05, 0) is 30.7 Å². The van der Waals surface area contributed by atoms with Crippen LogP contribution in [0.3, 0.4) is 0 Å². The number of ketones is 1. The van der Waals surface area contributed by atoms with Crippen molar-refractivity contribution in [2.45, 2.75) is 32.3 Å². The van der Waals surface area contributed by atoms with E-state index in [2.05, 4.69) is 27.2 Å². The van der Waals surface area contributed by atoms with Gasteiger partial charge in [0, 0.05) is 0 Å². The smallest absolute Gasteiger partial charge is 0.179 e. The Labute approximate surface area is 135 Å². The fraction of sp³-hybridized carbons (Fsp3) is 0.438. The molecule has 2 aromatic rings. The topological polar surface area (TPSA) is 108 Å². The molecular formula is C16H23N3O4. The van der Waals surface area contributed by atoms with Crippen LogP contribution in [-0.2, 0) is 4.79 Å². The zero-order valence-corrected chi connectivity index (χ0v) is 13.2. The van der Waals surface area contributed by atoms with Gasteiger partial charge in [-0.2, -0.15) is 0 Å². The van der Waals surface area contributed by atoms with Crippen LogP contribution in [0.5, 0.6) is 5.75 Å². The number of benzene rings is 1. The molecule has 1 unspecified atom stereocenters. The quantitative estimate of drug-likeness (QED) is 0.637. The fourth-order valence-corrected chi connectivity index (χ4v) is 1.79. The van der Waals surface area contributed by atoms with Crippen LogP contribution in [0.2, 0.25) is 0 Å². The molecule has 0 bridgehead atoms. The molecule has 0 amide bonds. The summed E-state index contributed by atoms with van der Waals surface area (Å²) in [5.41, 5.74) is 0.508. The molecule has 1 aromatic carbocycles. The van der Waals surface area contributed by atoms with Gasteiger partial charge in [-0.15, -0.1) is 0 Å². The molecule has 2 rings (SSSR count). The zero-order chi connectivity index (χ0) is 16.9. The number of nitrogens with one attached hydrogen (secondary N) is 1. The Morgan fingerprint density at radius 1 is 1.22 bits per heavy atom. The van der Waals surface area contributed by atoms with Crippen LogP contribution in [-0.4, -0.2) is 39.4 Å². The maximum atomic E-state index is 11.7. The molecule has 7 nitrogen and oxygen atoms in total. The monoisotopic (exact) mass is 321 g/mol. The summed E-state index contributed by atoms with van der Waals surface area (Å²) in [6.45, 7) is 3.09. The summed E-state index contributed by atoms with van der Waals surface area (Å²) in [7, 11) is 0. The Balaban J connectivity index is 0.000000446. The Kier molecular flexibility index (Phi) is 9.26. The minimum Gasteiger partial charge on any atom is -0.508 e. The van der Waals surface area contributed by atoms with E-state index in [0.717, 1.165) is 25.8 Å². The maximum Gasteiger partial charge on any atom is 0.179 e. The van der Waals surface area contributed by atoms with Crippen LogP contribution in [0.4, 0.5) is 0 Å². The number of rotatable bonds is 8. The summed E-state index contributed by atoms with van der Waals surface area (Å²) >= 11 is 0. The van der Waals surface area contributed by atoms with Crippen molar-refractivity contribution >= 4 is 5.78 Å². The molecule has 0 aliphatic heterocycles. The van der Waals surface area contributed by atoms with Gasteiger partial charge in [0.15, 0.2) is 5.78 Å². The Hall–Kier alpha value is -2.25. The molecule has 0 saturated heterocycles. The van der Waals surface area contributed by atoms with Crippen LogP contribution in [0.15, 0.2) is 41.3 Å². The van der Waals surface area contributed by atoms with Crippen molar-refractivity contribution in [1.82, 2.24) is 15.6 Å². The second kappa shape index (κ2) is 11.3. The highest BCUT2D eigenvalue weighted by Crippen LogP contribution is 2.17. The standard InChI is InChI=1S/C14H21NO3.C2H2N2O/c1-2-3-4-9-15-10-13(17)14(18)11-5-7-12(16)8-6-11;1-2-4-5-3-1/h5-8,14-16,18H,2-4,9-10H2,1H3;1-2H. The summed E-state index contributed by atoms with van der Waals surface area (Å²) in [6, 6.07) is 6.02. The third kappa shape index (κ3) is 8.08. The van der Waals surface area contributed by atoms with Crippen LogP contribution >= 0.6 is 0 Å². The van der Waals surface area contributed by atoms with Crippen molar-refractivity contribution in [3.63, 3.8) is 0 Å². The van der Waals surface area contributed by atoms with Gasteiger partial charge in [0.2, 0.25) is 0 Å². The third-order valence-corrected chi connectivity index (χ3v) is 3.05. The van der Waals surface area contributed by atoms with Gasteiger partial charge in [-0.1, -0.05) is 42.2 Å². The first-order valence-corrected chi connectivity index (χ1v) is 7.57. The van der Waals surface area contributed by atoms with Gasteiger partial charge in [-0.25, -0.2) is 4.63 Å². The molecule has 23 heavy (non-hydrogen) atoms. The van der Waals surface area contributed by atoms with Crippen molar-refractivity contribution in [2.24, 2.45) is 0 Å². The summed E-state index contributed by atoms with van der Waals surface area (Å²) < 4.78 is 4.08. The predicted octanol–water partition coefficient (Wildman–Crippen LogP) is 1.84. The van der Waals surface area contributed by atoms with E-state index in [9.17, 15) is 9.90 Å². The first-order valence-electron chi connectivity index (χ1n) is 7.57. The molecule has 1 aromatic heterocycles. The molecule has 3 N–H and O–H groups in total. The lowest BCUT2D eigenvalue weighted by molar-refractivity contribution is -0.126. The molecule has 0 saturated carbocycles. The minimum absolute atomic E-state index is 0.121. The van der Waals surface area contributed by atoms with Crippen molar-refractivity contribution in [1.29, 1.82) is 0 Å². The van der Waals surface area contributed by atoms with E-state index in [4.69, 9.17) is 5.11 Å². The Bertz CT molecular complexity index is 512. The molecule has 0 aliphatic carbocycles. The SMILES string of the molecule is CCCCCNCC(=O)C(O)c1ccc(O)cc1.c1cnon1. The fourth-order valence-electron chi connectivity index (χ4n) is 1.79. The van der Waals surface area contributed by atoms with E-state index in [-0.39, 0.29) is 18.1 Å². The lowest BCUT2D eigenvalue weighted by Gasteiger charge is -2.10. The lowest BCUT2D eigenvalue weighted by Crippen LogP contribution is -2.28. The Morgan fingerprint density at radius 2 is 1.87 bits per heavy atom. The highest BCUT2D eigenvalue weighted by atomic mass is 16.6. The van der Waals surface area contributed by atoms with Gasteiger partial charge < -0.3 is 15.5 Å². The molecular weight excluding hydrogens is 298 g/mol. The number of hydrogen-bond acceptors (Lipinski definition) is 7. The van der Waals surface area contributed by atoms with Gasteiger partial charge in [0.25, 0.3) is 0 Å². The number of Topliss-reactive ketones (excluding diaryl/α,β-unsaturated/α-hetero) is 1. The average molecular weight is 321 g/mol. The average Bonchev–Trinajstić information content (AvgIpc) is 3.14. The Morgan fingerprint density at radius 3 is 2.39 bits per heavy atom. The largest absolute Gasteiger partial charge is 0.508 e. The number of aromatic hydroxyl groups is 1. The zero-order valence-electron chi connectivity index (χ0n) is 13.2. The van der Waals surface area contributed by atoms with E-state index in [1.807, 2.05) is 0 Å². The lowest BCUT2D eigenvalue weighted by atomic mass is 10.1. The van der Waals surface area contributed by atoms with E-state index in [0.29, 0.717) is 5.56 Å². The van der Waals surface area contributed by atoms with Crippen LogP contribution < -0.4 is 5.32 Å². The van der Waals surface area contributed by atoms with Crippen LogP contribution in [0, 0.1) is 0 Å². The molecule has 1 atom stereocenters. The van der Waals surface area contributed by atoms with Crippen molar-refractivity contribution in [3.05, 3.63) is 42.2 Å². The molecule has 1 heterocycles. The molecule has 126 valence electrons. The van der Waals surface area contributed by atoms with E-state index in [1.165, 1.54) is 24.5 Å². The van der Waals surface area contributed by atoms with Gasteiger partial charge in [0.05, 0.1) is 18.9 Å². The van der Waals surface area contributed by atoms with Crippen LogP contribution in [0.25, 0.3) is 0 Å². The summed E-state index contributed by atoms with van der Waals surface area (Å²) in [5, 5.41) is 28.4. The number of unbranched alkanes of at least 4 members (excludes halogenated alkanes) is 2. The summed E-state index contributed by atoms with van der Waals surface area (Å²) in [4.78, 5) is 11.7. The maximum absolute atomic E-state index is 11.7. The van der Waals surface area contributed by atoms with Crippen LogP contribution in [0.1, 0.15) is 37.9 Å². The molecule has 0 fully saturated rings. The van der Waals surface area contributed by atoms with Gasteiger partial charge in [0.1, 0.15) is 11.9 Å². The number of aliphatic hydroxyl groups is 1. The number of nitrogens with zero attached hydrogens (tertiary/aromatic N) is 2. The van der Waals surface area contributed by atoms with E-state index < -0.39 is 6.10 Å². The first-order chi connectivity index (χ1) is 11.1. The van der Waals surface area contributed by atoms with Crippen molar-refractivity contribution < 1.29 is 19.6 Å². The number of aromatic nitrogens is 2. The number of phenolic OH excluding ortho intramolecular Hbond substituents is 1. The van der Waals surface area contributed by atoms with Crippen molar-refractivity contribution in [2.75, 3.05) is 13.1 Å². The van der Waals surface area contributed by atoms with Crippen molar-refractivity contribution in [3.8, 4) is 5.75 Å². The molecule has 0 aliphatic rings. The number of carbonyl (C=O) groups excluding carboxylic acids is 1. The number of aliphatic hydroxyl groups excluding tert-OH is 1. The van der Waals surface area contributed by atoms with E-state index >= 15 is 0 Å². The number of hydrogen-bond donors (Lipinski definition) is 3. The normalized spacial score (nSPS) is 11.4. The minimum atomic E-state index is -1.12.